The summed E-state index contributed by atoms with van der Waals surface area (Å²) in [5.74, 6) is 1.14. The minimum atomic E-state index is -2.18. The molecule has 0 unspecified atom stereocenters. The standard InChI is InChI=1S/C18H32O2Si/c1-15(2)13-19-21(20-14-16(3)4,17-9-5-6-10-17)18-11-7-8-12-18/h5-8,15-18H,9-14H2,1-4H3. The Balaban J connectivity index is 2.17. The third-order valence-corrected chi connectivity index (χ3v) is 8.89. The minimum absolute atomic E-state index is 0.572. The molecule has 2 aliphatic rings. The van der Waals surface area contributed by atoms with Gasteiger partial charge in [-0.3, -0.25) is 0 Å². The van der Waals surface area contributed by atoms with Crippen LogP contribution in [0, 0.1) is 11.8 Å². The molecule has 0 saturated carbocycles. The van der Waals surface area contributed by atoms with Crippen LogP contribution in [0.3, 0.4) is 0 Å². The molecule has 21 heavy (non-hydrogen) atoms. The zero-order valence-electron chi connectivity index (χ0n) is 14.2. The van der Waals surface area contributed by atoms with Crippen LogP contribution in [0.4, 0.5) is 0 Å². The van der Waals surface area contributed by atoms with Crippen LogP contribution >= 0.6 is 0 Å². The fraction of sp³-hybridized carbons (Fsp3) is 0.778. The van der Waals surface area contributed by atoms with E-state index in [1.807, 2.05) is 0 Å². The Kier molecular flexibility index (Phi) is 6.27. The third kappa shape index (κ3) is 4.30. The van der Waals surface area contributed by atoms with Crippen LogP contribution in [-0.2, 0) is 8.85 Å². The lowest BCUT2D eigenvalue weighted by Crippen LogP contribution is -2.51. The Morgan fingerprint density at radius 3 is 1.38 bits per heavy atom. The second kappa shape index (κ2) is 7.75. The van der Waals surface area contributed by atoms with E-state index < -0.39 is 8.56 Å². The molecular weight excluding hydrogens is 276 g/mol. The summed E-state index contributed by atoms with van der Waals surface area (Å²) in [5.41, 5.74) is 1.22. The van der Waals surface area contributed by atoms with Gasteiger partial charge in [0.25, 0.3) is 0 Å². The highest BCUT2D eigenvalue weighted by atomic mass is 28.4. The lowest BCUT2D eigenvalue weighted by atomic mass is 10.2. The van der Waals surface area contributed by atoms with Crippen LogP contribution in [0.1, 0.15) is 53.4 Å². The van der Waals surface area contributed by atoms with Crippen molar-refractivity contribution < 1.29 is 8.85 Å². The zero-order chi connectivity index (χ0) is 15.3. The Morgan fingerprint density at radius 1 is 0.762 bits per heavy atom. The lowest BCUT2D eigenvalue weighted by Gasteiger charge is -2.41. The molecule has 0 amide bonds. The summed E-state index contributed by atoms with van der Waals surface area (Å²) in [5, 5.41) is 0. The minimum Gasteiger partial charge on any atom is -0.394 e. The SMILES string of the molecule is CC(C)CO[Si](OCC(C)C)(C1CC=CC1)C1CC=CC1. The van der Waals surface area contributed by atoms with Gasteiger partial charge in [0.2, 0.25) is 0 Å². The van der Waals surface area contributed by atoms with E-state index in [0.717, 1.165) is 38.9 Å². The molecule has 0 aromatic heterocycles. The molecule has 0 bridgehead atoms. The van der Waals surface area contributed by atoms with Gasteiger partial charge in [-0.1, -0.05) is 52.0 Å². The van der Waals surface area contributed by atoms with Crippen molar-refractivity contribution in [3.8, 4) is 0 Å². The first-order valence-corrected chi connectivity index (χ1v) is 10.6. The lowest BCUT2D eigenvalue weighted by molar-refractivity contribution is 0.121. The molecule has 0 fully saturated rings. The second-order valence-corrected chi connectivity index (χ2v) is 11.1. The van der Waals surface area contributed by atoms with Crippen molar-refractivity contribution in [1.82, 2.24) is 0 Å². The molecule has 0 aromatic carbocycles. The van der Waals surface area contributed by atoms with Crippen LogP contribution < -0.4 is 0 Å². The van der Waals surface area contributed by atoms with E-state index in [1.165, 1.54) is 0 Å². The zero-order valence-corrected chi connectivity index (χ0v) is 15.2. The molecule has 0 heterocycles. The number of hydrogen-bond acceptors (Lipinski definition) is 2. The van der Waals surface area contributed by atoms with E-state index in [4.69, 9.17) is 8.85 Å². The van der Waals surface area contributed by atoms with Crippen molar-refractivity contribution in [2.24, 2.45) is 11.8 Å². The summed E-state index contributed by atoms with van der Waals surface area (Å²) in [6.07, 6.45) is 13.9. The van der Waals surface area contributed by atoms with Gasteiger partial charge >= 0.3 is 8.56 Å². The fourth-order valence-corrected chi connectivity index (χ4v) is 8.07. The molecule has 2 aliphatic carbocycles. The highest BCUT2D eigenvalue weighted by Crippen LogP contribution is 2.48. The summed E-state index contributed by atoms with van der Waals surface area (Å²) in [4.78, 5) is 0. The molecule has 2 rings (SSSR count). The molecule has 0 aromatic rings. The average Bonchev–Trinajstić information content (AvgIpc) is 3.12. The maximum Gasteiger partial charge on any atom is 0.345 e. The van der Waals surface area contributed by atoms with Crippen LogP contribution in [0.5, 0.6) is 0 Å². The van der Waals surface area contributed by atoms with E-state index in [9.17, 15) is 0 Å². The Labute approximate surface area is 131 Å². The van der Waals surface area contributed by atoms with Crippen molar-refractivity contribution in [2.45, 2.75) is 64.5 Å². The quantitative estimate of drug-likeness (QED) is 0.452. The second-order valence-electron chi connectivity index (χ2n) is 7.41. The first-order valence-electron chi connectivity index (χ1n) is 8.62. The summed E-state index contributed by atoms with van der Waals surface area (Å²) in [6.45, 7) is 10.6. The van der Waals surface area contributed by atoms with Gasteiger partial charge in [0.05, 0.1) is 0 Å². The van der Waals surface area contributed by atoms with Crippen molar-refractivity contribution in [1.29, 1.82) is 0 Å². The Bertz CT molecular complexity index is 321. The largest absolute Gasteiger partial charge is 0.394 e. The molecule has 0 N–H and O–H groups in total. The first-order chi connectivity index (χ1) is 10.0. The first kappa shape index (κ1) is 17.0. The van der Waals surface area contributed by atoms with Crippen LogP contribution in [0.2, 0.25) is 11.1 Å². The Morgan fingerprint density at radius 2 is 1.10 bits per heavy atom. The van der Waals surface area contributed by atoms with Gasteiger partial charge in [-0.2, -0.15) is 0 Å². The van der Waals surface area contributed by atoms with Gasteiger partial charge in [-0.05, 0) is 37.5 Å². The van der Waals surface area contributed by atoms with Crippen LogP contribution in [-0.4, -0.2) is 21.8 Å². The van der Waals surface area contributed by atoms with E-state index in [1.54, 1.807) is 0 Å². The smallest absolute Gasteiger partial charge is 0.345 e. The highest BCUT2D eigenvalue weighted by molar-refractivity contribution is 6.70. The third-order valence-electron chi connectivity index (χ3n) is 4.44. The molecule has 0 radical (unpaired) electrons. The van der Waals surface area contributed by atoms with Crippen molar-refractivity contribution in [2.75, 3.05) is 13.2 Å². The van der Waals surface area contributed by atoms with E-state index in [2.05, 4.69) is 52.0 Å². The monoisotopic (exact) mass is 308 g/mol. The predicted molar refractivity (Wildman–Crippen MR) is 91.6 cm³/mol. The van der Waals surface area contributed by atoms with E-state index in [-0.39, 0.29) is 0 Å². The molecule has 2 nitrogen and oxygen atoms in total. The normalized spacial score (nSPS) is 20.5. The fourth-order valence-electron chi connectivity index (χ4n) is 3.33. The molecular formula is C18H32O2Si. The molecule has 0 atom stereocenters. The van der Waals surface area contributed by atoms with Gasteiger partial charge < -0.3 is 8.85 Å². The predicted octanol–water partition coefficient (Wildman–Crippen LogP) is 5.21. The van der Waals surface area contributed by atoms with Gasteiger partial charge in [-0.25, -0.2) is 0 Å². The van der Waals surface area contributed by atoms with E-state index in [0.29, 0.717) is 22.9 Å². The van der Waals surface area contributed by atoms with Gasteiger partial charge in [0.15, 0.2) is 0 Å². The summed E-state index contributed by atoms with van der Waals surface area (Å²) in [7, 11) is -2.18. The number of hydrogen-bond donors (Lipinski definition) is 0. The maximum absolute atomic E-state index is 6.65. The van der Waals surface area contributed by atoms with Crippen molar-refractivity contribution in [3.63, 3.8) is 0 Å². The number of allylic oxidation sites excluding steroid dienone is 4. The number of rotatable bonds is 8. The average molecular weight is 309 g/mol. The van der Waals surface area contributed by atoms with Gasteiger partial charge in [0, 0.05) is 24.3 Å². The molecule has 3 heteroatoms. The van der Waals surface area contributed by atoms with Crippen LogP contribution in [0.25, 0.3) is 0 Å². The van der Waals surface area contributed by atoms with Gasteiger partial charge in [-0.15, -0.1) is 0 Å². The van der Waals surface area contributed by atoms with Crippen molar-refractivity contribution in [3.05, 3.63) is 24.3 Å². The van der Waals surface area contributed by atoms with E-state index >= 15 is 0 Å². The molecule has 0 spiro atoms. The molecule has 0 aliphatic heterocycles. The topological polar surface area (TPSA) is 18.5 Å². The molecule has 0 saturated heterocycles. The summed E-state index contributed by atoms with van der Waals surface area (Å²) >= 11 is 0. The summed E-state index contributed by atoms with van der Waals surface area (Å²) in [6, 6.07) is 0. The Hall–Kier alpha value is -0.383. The summed E-state index contributed by atoms with van der Waals surface area (Å²) < 4.78 is 13.3. The van der Waals surface area contributed by atoms with Crippen LogP contribution in [0.15, 0.2) is 24.3 Å². The van der Waals surface area contributed by atoms with Crippen molar-refractivity contribution >= 4 is 8.56 Å². The highest BCUT2D eigenvalue weighted by Gasteiger charge is 2.52. The maximum atomic E-state index is 6.65. The molecule has 120 valence electrons. The van der Waals surface area contributed by atoms with Gasteiger partial charge in [0.1, 0.15) is 0 Å².